The van der Waals surface area contributed by atoms with Gasteiger partial charge in [-0.15, -0.1) is 0 Å². The average molecular weight is 246 g/mol. The zero-order valence-corrected chi connectivity index (χ0v) is 9.09. The first-order valence-corrected chi connectivity index (χ1v) is 5.03. The first-order chi connectivity index (χ1) is 7.47. The number of alkyl halides is 2. The Kier molecular flexibility index (Phi) is 4.00. The topological polar surface area (TPSA) is 43.4 Å². The van der Waals surface area contributed by atoms with Gasteiger partial charge in [-0.05, 0) is 0 Å². The molecule has 1 aromatic rings. The Hall–Kier alpha value is -1.43. The molecule has 0 atom stereocenters. The first-order valence-electron chi connectivity index (χ1n) is 4.22. The second-order valence-corrected chi connectivity index (χ2v) is 3.85. The molecule has 0 aliphatic carbocycles. The molecule has 0 unspecified atom stereocenters. The molecule has 1 aromatic carbocycles. The van der Waals surface area contributed by atoms with Crippen LogP contribution in [0.5, 0.6) is 0 Å². The fourth-order valence-electron chi connectivity index (χ4n) is 0.910. The van der Waals surface area contributed by atoms with Gasteiger partial charge >= 0.3 is 11.2 Å². The van der Waals surface area contributed by atoms with Crippen LogP contribution in [-0.2, 0) is 9.53 Å². The van der Waals surface area contributed by atoms with E-state index in [2.05, 4.69) is 4.74 Å². The quantitative estimate of drug-likeness (QED) is 0.768. The third kappa shape index (κ3) is 3.03. The number of carbonyl (C=O) groups is 2. The van der Waals surface area contributed by atoms with Crippen molar-refractivity contribution in [2.24, 2.45) is 0 Å². The molecule has 1 rings (SSSR count). The summed E-state index contributed by atoms with van der Waals surface area (Å²) in [6, 6.07) is 7.53. The molecule has 6 heteroatoms. The van der Waals surface area contributed by atoms with Crippen molar-refractivity contribution < 1.29 is 23.1 Å². The summed E-state index contributed by atoms with van der Waals surface area (Å²) >= 11 is -0.359. The van der Waals surface area contributed by atoms with Crippen molar-refractivity contribution in [1.82, 2.24) is 0 Å². The van der Waals surface area contributed by atoms with Gasteiger partial charge in [0, 0.05) is 17.3 Å². The lowest BCUT2D eigenvalue weighted by Gasteiger charge is -2.11. The number of rotatable bonds is 3. The summed E-state index contributed by atoms with van der Waals surface area (Å²) in [5.74, 6) is -1.73. The van der Waals surface area contributed by atoms with Crippen LogP contribution in [0.3, 0.4) is 0 Å². The van der Waals surface area contributed by atoms with Crippen LogP contribution >= 0.6 is 11.8 Å². The van der Waals surface area contributed by atoms with E-state index in [-0.39, 0.29) is 17.3 Å². The molecule has 0 aromatic heterocycles. The van der Waals surface area contributed by atoms with Gasteiger partial charge in [-0.2, -0.15) is 8.78 Å². The van der Waals surface area contributed by atoms with Gasteiger partial charge in [0.2, 0.25) is 5.12 Å². The summed E-state index contributed by atoms with van der Waals surface area (Å²) in [7, 11) is 0.837. The van der Waals surface area contributed by atoms with Gasteiger partial charge in [0.25, 0.3) is 0 Å². The van der Waals surface area contributed by atoms with E-state index in [1.165, 1.54) is 12.1 Å². The number of methoxy groups -OCH3 is 1. The van der Waals surface area contributed by atoms with Crippen LogP contribution in [0.15, 0.2) is 30.3 Å². The van der Waals surface area contributed by atoms with Crippen molar-refractivity contribution in [3.8, 4) is 0 Å². The summed E-state index contributed by atoms with van der Waals surface area (Å²) in [5.41, 5.74) is 0.107. The van der Waals surface area contributed by atoms with Gasteiger partial charge in [-0.3, -0.25) is 4.79 Å². The Morgan fingerprint density at radius 2 is 1.81 bits per heavy atom. The lowest BCUT2D eigenvalue weighted by Crippen LogP contribution is -2.27. The zero-order valence-electron chi connectivity index (χ0n) is 8.28. The molecule has 0 aliphatic rings. The van der Waals surface area contributed by atoms with Crippen molar-refractivity contribution in [3.63, 3.8) is 0 Å². The van der Waals surface area contributed by atoms with E-state index >= 15 is 0 Å². The van der Waals surface area contributed by atoms with E-state index in [0.717, 1.165) is 7.11 Å². The predicted octanol–water partition coefficient (Wildman–Crippen LogP) is 2.33. The van der Waals surface area contributed by atoms with Gasteiger partial charge < -0.3 is 4.74 Å². The normalized spacial score (nSPS) is 10.9. The number of ether oxygens (including phenoxy) is 1. The van der Waals surface area contributed by atoms with Crippen LogP contribution in [0.4, 0.5) is 8.78 Å². The molecule has 86 valence electrons. The fraction of sp³-hybridized carbons (Fsp3) is 0.200. The molecular formula is C10H8F2O3S. The van der Waals surface area contributed by atoms with Gasteiger partial charge in [-0.25, -0.2) is 4.79 Å². The Balaban J connectivity index is 2.76. The molecule has 0 aliphatic heterocycles. The Morgan fingerprint density at radius 1 is 1.25 bits per heavy atom. The van der Waals surface area contributed by atoms with Crippen molar-refractivity contribution in [2.45, 2.75) is 5.25 Å². The minimum absolute atomic E-state index is 0.107. The minimum atomic E-state index is -3.86. The summed E-state index contributed by atoms with van der Waals surface area (Å²) in [6.45, 7) is 0. The van der Waals surface area contributed by atoms with E-state index in [1.807, 2.05) is 0 Å². The number of thioether (sulfide) groups is 1. The highest BCUT2D eigenvalue weighted by Gasteiger charge is 2.43. The number of carbonyl (C=O) groups excluding carboxylic acids is 2. The monoisotopic (exact) mass is 246 g/mol. The van der Waals surface area contributed by atoms with E-state index in [9.17, 15) is 18.4 Å². The lowest BCUT2D eigenvalue weighted by atomic mass is 10.2. The van der Waals surface area contributed by atoms with Gasteiger partial charge in [-0.1, -0.05) is 30.3 Å². The van der Waals surface area contributed by atoms with Crippen LogP contribution in [0.25, 0.3) is 0 Å². The van der Waals surface area contributed by atoms with Crippen LogP contribution in [0.1, 0.15) is 10.4 Å². The summed E-state index contributed by atoms with van der Waals surface area (Å²) < 4.78 is 29.9. The van der Waals surface area contributed by atoms with Crippen molar-refractivity contribution >= 4 is 22.8 Å². The molecule has 3 nitrogen and oxygen atoms in total. The largest absolute Gasteiger partial charge is 0.464 e. The maximum absolute atomic E-state index is 13.0. The number of halogens is 2. The molecule has 0 fully saturated rings. The summed E-state index contributed by atoms with van der Waals surface area (Å²) in [5, 5.41) is -4.74. The maximum atomic E-state index is 13.0. The molecular weight excluding hydrogens is 238 g/mol. The predicted molar refractivity (Wildman–Crippen MR) is 55.3 cm³/mol. The Bertz CT molecular complexity index is 392. The van der Waals surface area contributed by atoms with Crippen LogP contribution in [-0.4, -0.2) is 23.4 Å². The van der Waals surface area contributed by atoms with Gasteiger partial charge in [0.05, 0.1) is 7.11 Å². The summed E-state index contributed by atoms with van der Waals surface area (Å²) in [4.78, 5) is 22.0. The van der Waals surface area contributed by atoms with Crippen LogP contribution in [0, 0.1) is 0 Å². The Morgan fingerprint density at radius 3 is 2.31 bits per heavy atom. The highest BCUT2D eigenvalue weighted by Crippen LogP contribution is 2.32. The zero-order chi connectivity index (χ0) is 12.2. The number of benzene rings is 1. The lowest BCUT2D eigenvalue weighted by molar-refractivity contribution is -0.156. The van der Waals surface area contributed by atoms with Gasteiger partial charge in [0.15, 0.2) is 0 Å². The number of esters is 1. The van der Waals surface area contributed by atoms with Crippen molar-refractivity contribution in [3.05, 3.63) is 35.9 Å². The summed E-state index contributed by atoms with van der Waals surface area (Å²) in [6.07, 6.45) is 0. The molecule has 0 bridgehead atoms. The van der Waals surface area contributed by atoms with E-state index in [1.54, 1.807) is 18.2 Å². The molecule has 0 heterocycles. The van der Waals surface area contributed by atoms with E-state index < -0.39 is 16.3 Å². The number of hydrogen-bond donors (Lipinski definition) is 0. The molecule has 0 N–H and O–H groups in total. The molecule has 0 saturated carbocycles. The fourth-order valence-corrected chi connectivity index (χ4v) is 1.56. The second kappa shape index (κ2) is 5.07. The maximum Gasteiger partial charge on any atom is 0.396 e. The highest BCUT2D eigenvalue weighted by molar-refractivity contribution is 8.15. The number of hydrogen-bond acceptors (Lipinski definition) is 4. The molecule has 0 saturated heterocycles. The molecule has 16 heavy (non-hydrogen) atoms. The minimum Gasteiger partial charge on any atom is -0.464 e. The average Bonchev–Trinajstić information content (AvgIpc) is 2.28. The van der Waals surface area contributed by atoms with E-state index in [4.69, 9.17) is 0 Å². The Labute approximate surface area is 94.8 Å². The van der Waals surface area contributed by atoms with E-state index in [0.29, 0.717) is 0 Å². The SMILES string of the molecule is COC(=O)C(F)(F)SC(=O)c1ccccc1. The highest BCUT2D eigenvalue weighted by atomic mass is 32.2. The van der Waals surface area contributed by atoms with Crippen molar-refractivity contribution in [2.75, 3.05) is 7.11 Å². The first kappa shape index (κ1) is 12.6. The molecule has 0 radical (unpaired) electrons. The van der Waals surface area contributed by atoms with Gasteiger partial charge in [0.1, 0.15) is 0 Å². The third-order valence-corrected chi connectivity index (χ3v) is 2.50. The smallest absolute Gasteiger partial charge is 0.396 e. The standard InChI is InChI=1S/C10H8F2O3S/c1-15-9(14)10(11,12)16-8(13)7-5-3-2-4-6-7/h2-6H,1H3. The second-order valence-electron chi connectivity index (χ2n) is 2.76. The molecule has 0 spiro atoms. The van der Waals surface area contributed by atoms with Crippen molar-refractivity contribution in [1.29, 1.82) is 0 Å². The van der Waals surface area contributed by atoms with Crippen LogP contribution < -0.4 is 0 Å². The third-order valence-electron chi connectivity index (χ3n) is 1.65. The molecule has 0 amide bonds. The van der Waals surface area contributed by atoms with Crippen LogP contribution in [0.2, 0.25) is 0 Å².